The van der Waals surface area contributed by atoms with Crippen molar-refractivity contribution in [2.75, 3.05) is 0 Å². The van der Waals surface area contributed by atoms with E-state index in [1.54, 1.807) is 12.1 Å². The van der Waals surface area contributed by atoms with Crippen LogP contribution in [0.15, 0.2) is 24.3 Å². The molecule has 1 rings (SSSR count). The van der Waals surface area contributed by atoms with Gasteiger partial charge in [0, 0.05) is 6.42 Å². The van der Waals surface area contributed by atoms with E-state index in [4.69, 9.17) is 10.5 Å². The molecule has 1 aromatic carbocycles. The predicted octanol–water partition coefficient (Wildman–Crippen LogP) is 2.74. The third-order valence-corrected chi connectivity index (χ3v) is 1.97. The van der Waals surface area contributed by atoms with Crippen molar-refractivity contribution in [2.24, 2.45) is 0 Å². The van der Waals surface area contributed by atoms with Gasteiger partial charge in [0.15, 0.2) is 0 Å². The summed E-state index contributed by atoms with van der Waals surface area (Å²) in [7, 11) is 0. The quantitative estimate of drug-likeness (QED) is 0.732. The van der Waals surface area contributed by atoms with Gasteiger partial charge in [0.1, 0.15) is 5.82 Å². The largest absolute Gasteiger partial charge is 0.207 e. The second-order valence-corrected chi connectivity index (χ2v) is 2.93. The fraction of sp³-hybridized carbons (Fsp3) is 0.273. The summed E-state index contributed by atoms with van der Waals surface area (Å²) < 4.78 is 12.6. The minimum Gasteiger partial charge on any atom is -0.207 e. The van der Waals surface area contributed by atoms with Crippen LogP contribution < -0.4 is 0 Å². The SMILES string of the molecule is N#CCCC(C#N)c1ccc(F)cc1. The normalized spacial score (nSPS) is 11.4. The summed E-state index contributed by atoms with van der Waals surface area (Å²) in [5.74, 6) is -0.624. The van der Waals surface area contributed by atoms with Gasteiger partial charge in [0.25, 0.3) is 0 Å². The molecular weight excluding hydrogens is 179 g/mol. The topological polar surface area (TPSA) is 47.6 Å². The highest BCUT2D eigenvalue weighted by Gasteiger charge is 2.09. The van der Waals surface area contributed by atoms with Crippen molar-refractivity contribution >= 4 is 0 Å². The van der Waals surface area contributed by atoms with Crippen molar-refractivity contribution in [3.63, 3.8) is 0 Å². The Morgan fingerprint density at radius 2 is 1.86 bits per heavy atom. The summed E-state index contributed by atoms with van der Waals surface area (Å²) in [5.41, 5.74) is 0.768. The molecule has 0 bridgehead atoms. The van der Waals surface area contributed by atoms with Gasteiger partial charge in [-0.25, -0.2) is 4.39 Å². The van der Waals surface area contributed by atoms with E-state index in [0.29, 0.717) is 12.8 Å². The Kier molecular flexibility index (Phi) is 3.64. The maximum Gasteiger partial charge on any atom is 0.123 e. The Hall–Kier alpha value is -1.87. The highest BCUT2D eigenvalue weighted by Crippen LogP contribution is 2.20. The van der Waals surface area contributed by atoms with Gasteiger partial charge in [-0.1, -0.05) is 12.1 Å². The molecule has 0 spiro atoms. The van der Waals surface area contributed by atoms with Crippen LogP contribution in [0.5, 0.6) is 0 Å². The summed E-state index contributed by atoms with van der Waals surface area (Å²) in [5, 5.41) is 17.2. The van der Waals surface area contributed by atoms with Crippen molar-refractivity contribution in [1.82, 2.24) is 0 Å². The molecule has 0 aliphatic rings. The van der Waals surface area contributed by atoms with Crippen LogP contribution >= 0.6 is 0 Å². The zero-order valence-corrected chi connectivity index (χ0v) is 7.57. The van der Waals surface area contributed by atoms with Gasteiger partial charge in [-0.2, -0.15) is 10.5 Å². The smallest absolute Gasteiger partial charge is 0.123 e. The number of benzene rings is 1. The Morgan fingerprint density at radius 1 is 1.21 bits per heavy atom. The third-order valence-electron chi connectivity index (χ3n) is 1.97. The molecule has 1 unspecified atom stereocenters. The molecule has 14 heavy (non-hydrogen) atoms. The van der Waals surface area contributed by atoms with Crippen LogP contribution in [-0.4, -0.2) is 0 Å². The number of nitrogens with zero attached hydrogens (tertiary/aromatic N) is 2. The zero-order chi connectivity index (χ0) is 10.4. The molecule has 3 heteroatoms. The molecule has 0 saturated heterocycles. The molecule has 1 atom stereocenters. The summed E-state index contributed by atoms with van der Waals surface area (Å²) in [6.45, 7) is 0. The molecule has 0 amide bonds. The molecule has 0 saturated carbocycles. The van der Waals surface area contributed by atoms with Crippen molar-refractivity contribution in [3.05, 3.63) is 35.6 Å². The predicted molar refractivity (Wildman–Crippen MR) is 49.6 cm³/mol. The monoisotopic (exact) mass is 188 g/mol. The van der Waals surface area contributed by atoms with Crippen LogP contribution in [0.3, 0.4) is 0 Å². The molecule has 0 radical (unpaired) electrons. The average Bonchev–Trinajstić information content (AvgIpc) is 2.21. The van der Waals surface area contributed by atoms with Crippen molar-refractivity contribution in [2.45, 2.75) is 18.8 Å². The van der Waals surface area contributed by atoms with E-state index in [-0.39, 0.29) is 11.7 Å². The molecular formula is C11H9FN2. The molecule has 0 heterocycles. The third kappa shape index (κ3) is 2.57. The van der Waals surface area contributed by atoms with Crippen molar-refractivity contribution in [1.29, 1.82) is 10.5 Å². The van der Waals surface area contributed by atoms with E-state index in [1.165, 1.54) is 12.1 Å². The van der Waals surface area contributed by atoms with Crippen LogP contribution in [0.1, 0.15) is 24.3 Å². The number of hydrogen-bond donors (Lipinski definition) is 0. The van der Waals surface area contributed by atoms with E-state index in [9.17, 15) is 4.39 Å². The molecule has 0 aliphatic heterocycles. The summed E-state index contributed by atoms with van der Waals surface area (Å²) in [6.07, 6.45) is 0.842. The first-order valence-electron chi connectivity index (χ1n) is 4.30. The Balaban J connectivity index is 2.76. The Labute approximate surface area is 82.2 Å². The van der Waals surface area contributed by atoms with E-state index >= 15 is 0 Å². The molecule has 0 aliphatic carbocycles. The first-order chi connectivity index (χ1) is 6.77. The molecule has 0 N–H and O–H groups in total. The van der Waals surface area contributed by atoms with E-state index in [1.807, 2.05) is 6.07 Å². The molecule has 0 fully saturated rings. The van der Waals surface area contributed by atoms with E-state index in [0.717, 1.165) is 5.56 Å². The van der Waals surface area contributed by atoms with Crippen LogP contribution in [0.2, 0.25) is 0 Å². The average molecular weight is 188 g/mol. The first kappa shape index (κ1) is 10.2. The van der Waals surface area contributed by atoms with Gasteiger partial charge in [0.05, 0.1) is 18.1 Å². The summed E-state index contributed by atoms with van der Waals surface area (Å²) in [6, 6.07) is 9.91. The standard InChI is InChI=1S/C11H9FN2/c12-11-5-3-9(4-6-11)10(8-14)2-1-7-13/h3-6,10H,1-2H2. The number of hydrogen-bond acceptors (Lipinski definition) is 2. The van der Waals surface area contributed by atoms with Crippen LogP contribution in [0, 0.1) is 28.5 Å². The summed E-state index contributed by atoms with van der Waals surface area (Å²) in [4.78, 5) is 0. The number of halogens is 1. The lowest BCUT2D eigenvalue weighted by Crippen LogP contribution is -1.95. The van der Waals surface area contributed by atoms with Crippen molar-refractivity contribution in [3.8, 4) is 12.1 Å². The minimum absolute atomic E-state index is 0.310. The van der Waals surface area contributed by atoms with Gasteiger partial charge in [-0.3, -0.25) is 0 Å². The second kappa shape index (κ2) is 4.99. The van der Waals surface area contributed by atoms with E-state index < -0.39 is 0 Å². The van der Waals surface area contributed by atoms with Gasteiger partial charge in [-0.15, -0.1) is 0 Å². The highest BCUT2D eigenvalue weighted by atomic mass is 19.1. The van der Waals surface area contributed by atoms with E-state index in [2.05, 4.69) is 6.07 Å². The zero-order valence-electron chi connectivity index (χ0n) is 7.57. The molecule has 70 valence electrons. The first-order valence-corrected chi connectivity index (χ1v) is 4.30. The van der Waals surface area contributed by atoms with Gasteiger partial charge >= 0.3 is 0 Å². The Bertz CT molecular complexity index is 370. The van der Waals surface area contributed by atoms with Crippen LogP contribution in [0.25, 0.3) is 0 Å². The maximum atomic E-state index is 12.6. The second-order valence-electron chi connectivity index (χ2n) is 2.93. The fourth-order valence-electron chi connectivity index (χ4n) is 1.21. The molecule has 1 aromatic rings. The number of nitriles is 2. The lowest BCUT2D eigenvalue weighted by atomic mass is 9.96. The maximum absolute atomic E-state index is 12.6. The fourth-order valence-corrected chi connectivity index (χ4v) is 1.21. The summed E-state index contributed by atoms with van der Waals surface area (Å²) >= 11 is 0. The molecule has 2 nitrogen and oxygen atoms in total. The van der Waals surface area contributed by atoms with Crippen LogP contribution in [0.4, 0.5) is 4.39 Å². The van der Waals surface area contributed by atoms with Gasteiger partial charge in [-0.05, 0) is 24.1 Å². The minimum atomic E-state index is -0.314. The van der Waals surface area contributed by atoms with Gasteiger partial charge < -0.3 is 0 Å². The highest BCUT2D eigenvalue weighted by molar-refractivity contribution is 5.25. The Morgan fingerprint density at radius 3 is 2.36 bits per heavy atom. The lowest BCUT2D eigenvalue weighted by Gasteiger charge is -2.06. The molecule has 0 aromatic heterocycles. The number of rotatable bonds is 3. The van der Waals surface area contributed by atoms with Gasteiger partial charge in [0.2, 0.25) is 0 Å². The van der Waals surface area contributed by atoms with Crippen molar-refractivity contribution < 1.29 is 4.39 Å². The lowest BCUT2D eigenvalue weighted by molar-refractivity contribution is 0.626. The van der Waals surface area contributed by atoms with Crippen LogP contribution in [-0.2, 0) is 0 Å².